The zero-order valence-corrected chi connectivity index (χ0v) is 15.0. The van der Waals surface area contributed by atoms with E-state index in [0.717, 1.165) is 19.5 Å². The predicted molar refractivity (Wildman–Crippen MR) is 94.0 cm³/mol. The minimum Gasteiger partial charge on any atom is -0.497 e. The summed E-state index contributed by atoms with van der Waals surface area (Å²) >= 11 is 5.55. The summed E-state index contributed by atoms with van der Waals surface area (Å²) < 4.78 is 12.4. The van der Waals surface area contributed by atoms with Gasteiger partial charge in [-0.25, -0.2) is 0 Å². The second-order valence-electron chi connectivity index (χ2n) is 4.14. The van der Waals surface area contributed by atoms with Gasteiger partial charge in [0.25, 0.3) is 5.91 Å². The molecule has 21 heavy (non-hydrogen) atoms. The Morgan fingerprint density at radius 3 is 2.48 bits per heavy atom. The number of benzene rings is 2. The van der Waals surface area contributed by atoms with Gasteiger partial charge in [-0.3, -0.25) is 4.79 Å². The number of nitrogens with one attached hydrogen (secondary N) is 1. The molecular weight excluding hydrogens is 449 g/mol. The van der Waals surface area contributed by atoms with Gasteiger partial charge in [-0.05, 0) is 65.1 Å². The third-order valence-electron chi connectivity index (χ3n) is 2.63. The van der Waals surface area contributed by atoms with E-state index in [9.17, 15) is 4.79 Å². The summed E-state index contributed by atoms with van der Waals surface area (Å²) in [5.41, 5.74) is 0.766. The molecule has 0 heterocycles. The molecule has 0 spiro atoms. The number of ether oxygens (including phenoxy) is 2. The van der Waals surface area contributed by atoms with Gasteiger partial charge in [0.1, 0.15) is 11.5 Å². The summed E-state index contributed by atoms with van der Waals surface area (Å²) in [6.45, 7) is -0.0432. The smallest absolute Gasteiger partial charge is 0.262 e. The van der Waals surface area contributed by atoms with Gasteiger partial charge in [-0.2, -0.15) is 0 Å². The maximum absolute atomic E-state index is 11.9. The van der Waals surface area contributed by atoms with E-state index in [-0.39, 0.29) is 12.5 Å². The van der Waals surface area contributed by atoms with E-state index in [1.54, 1.807) is 31.4 Å². The van der Waals surface area contributed by atoms with Crippen LogP contribution in [0.25, 0.3) is 0 Å². The van der Waals surface area contributed by atoms with Crippen molar-refractivity contribution in [2.45, 2.75) is 0 Å². The van der Waals surface area contributed by atoms with Crippen LogP contribution in [0, 0.1) is 3.57 Å². The zero-order chi connectivity index (χ0) is 15.2. The van der Waals surface area contributed by atoms with Crippen molar-refractivity contribution in [3.8, 4) is 11.5 Å². The van der Waals surface area contributed by atoms with Crippen LogP contribution >= 0.6 is 38.5 Å². The molecule has 4 nitrogen and oxygen atoms in total. The van der Waals surface area contributed by atoms with Gasteiger partial charge in [-0.1, -0.05) is 15.9 Å². The van der Waals surface area contributed by atoms with Crippen LogP contribution in [0.5, 0.6) is 11.5 Å². The van der Waals surface area contributed by atoms with Gasteiger partial charge in [0.15, 0.2) is 6.61 Å². The van der Waals surface area contributed by atoms with Crippen molar-refractivity contribution in [3.05, 3.63) is 50.5 Å². The Bertz CT molecular complexity index is 631. The first-order chi connectivity index (χ1) is 10.1. The molecule has 0 atom stereocenters. The highest BCUT2D eigenvalue weighted by molar-refractivity contribution is 14.1. The lowest BCUT2D eigenvalue weighted by molar-refractivity contribution is -0.118. The molecule has 2 rings (SSSR count). The van der Waals surface area contributed by atoms with E-state index in [4.69, 9.17) is 9.47 Å². The highest BCUT2D eigenvalue weighted by Gasteiger charge is 2.07. The minimum atomic E-state index is -0.203. The second-order valence-corrected chi connectivity index (χ2v) is 6.21. The fraction of sp³-hybridized carbons (Fsp3) is 0.133. The Morgan fingerprint density at radius 2 is 1.86 bits per heavy atom. The van der Waals surface area contributed by atoms with Crippen LogP contribution in [0.15, 0.2) is 46.9 Å². The van der Waals surface area contributed by atoms with Crippen LogP contribution in [0.1, 0.15) is 0 Å². The molecule has 6 heteroatoms. The molecule has 0 aliphatic carbocycles. The predicted octanol–water partition coefficient (Wildman–Crippen LogP) is 4.08. The lowest BCUT2D eigenvalue weighted by Crippen LogP contribution is -2.20. The molecule has 0 fully saturated rings. The van der Waals surface area contributed by atoms with Crippen molar-refractivity contribution in [2.75, 3.05) is 19.0 Å². The van der Waals surface area contributed by atoms with E-state index < -0.39 is 0 Å². The topological polar surface area (TPSA) is 47.6 Å². The molecule has 0 saturated carbocycles. The summed E-state index contributed by atoms with van der Waals surface area (Å²) in [5, 5.41) is 2.81. The Hall–Kier alpha value is -1.28. The number of carbonyl (C=O) groups excluding carboxylic acids is 1. The molecular formula is C15H13BrINO3. The SMILES string of the molecule is COc1ccc(OCC(=O)Nc2ccc(Br)cc2I)cc1. The summed E-state index contributed by atoms with van der Waals surface area (Å²) in [6, 6.07) is 12.7. The summed E-state index contributed by atoms with van der Waals surface area (Å²) in [7, 11) is 1.60. The summed E-state index contributed by atoms with van der Waals surface area (Å²) in [6.07, 6.45) is 0. The molecule has 0 aromatic heterocycles. The molecule has 0 aliphatic heterocycles. The molecule has 0 unspecified atom stereocenters. The quantitative estimate of drug-likeness (QED) is 0.682. The van der Waals surface area contributed by atoms with Gasteiger partial charge in [0.2, 0.25) is 0 Å². The number of methoxy groups -OCH3 is 1. The van der Waals surface area contributed by atoms with Crippen molar-refractivity contribution < 1.29 is 14.3 Å². The Labute approximate surface area is 145 Å². The molecule has 0 aliphatic rings. The van der Waals surface area contributed by atoms with Gasteiger partial charge in [0.05, 0.1) is 12.8 Å². The Kier molecular flexibility index (Phi) is 5.86. The van der Waals surface area contributed by atoms with Crippen molar-refractivity contribution in [3.63, 3.8) is 0 Å². The third-order valence-corrected chi connectivity index (χ3v) is 4.02. The standard InChI is InChI=1S/C15H13BrINO3/c1-20-11-3-5-12(6-4-11)21-9-15(19)18-14-7-2-10(16)8-13(14)17/h2-8H,9H2,1H3,(H,18,19). The van der Waals surface area contributed by atoms with E-state index in [2.05, 4.69) is 43.8 Å². The number of halogens is 2. The van der Waals surface area contributed by atoms with E-state index in [0.29, 0.717) is 5.75 Å². The number of anilines is 1. The Balaban J connectivity index is 1.89. The maximum Gasteiger partial charge on any atom is 0.262 e. The van der Waals surface area contributed by atoms with Gasteiger partial charge in [-0.15, -0.1) is 0 Å². The highest BCUT2D eigenvalue weighted by Crippen LogP contribution is 2.22. The molecule has 1 N–H and O–H groups in total. The molecule has 110 valence electrons. The first-order valence-electron chi connectivity index (χ1n) is 6.10. The lowest BCUT2D eigenvalue weighted by Gasteiger charge is -2.09. The maximum atomic E-state index is 11.9. The number of rotatable bonds is 5. The lowest BCUT2D eigenvalue weighted by atomic mass is 10.3. The largest absolute Gasteiger partial charge is 0.497 e. The first-order valence-corrected chi connectivity index (χ1v) is 7.97. The minimum absolute atomic E-state index is 0.0432. The van der Waals surface area contributed by atoms with E-state index in [1.165, 1.54) is 0 Å². The molecule has 2 aromatic carbocycles. The van der Waals surface area contributed by atoms with Crippen LogP contribution in [0.2, 0.25) is 0 Å². The van der Waals surface area contributed by atoms with Crippen molar-refractivity contribution in [2.24, 2.45) is 0 Å². The van der Waals surface area contributed by atoms with Gasteiger partial charge in [0, 0.05) is 8.04 Å². The monoisotopic (exact) mass is 461 g/mol. The molecule has 2 aromatic rings. The number of carbonyl (C=O) groups is 1. The van der Waals surface area contributed by atoms with Crippen LogP contribution in [-0.4, -0.2) is 19.6 Å². The number of hydrogen-bond acceptors (Lipinski definition) is 3. The van der Waals surface area contributed by atoms with Gasteiger partial charge >= 0.3 is 0 Å². The van der Waals surface area contributed by atoms with Crippen LogP contribution in [0.4, 0.5) is 5.69 Å². The normalized spacial score (nSPS) is 10.0. The average molecular weight is 462 g/mol. The van der Waals surface area contributed by atoms with Crippen molar-refractivity contribution >= 4 is 50.1 Å². The second kappa shape index (κ2) is 7.65. The van der Waals surface area contributed by atoms with E-state index >= 15 is 0 Å². The molecule has 1 amide bonds. The fourth-order valence-corrected chi connectivity index (χ4v) is 3.04. The molecule has 0 saturated heterocycles. The summed E-state index contributed by atoms with van der Waals surface area (Å²) in [5.74, 6) is 1.17. The highest BCUT2D eigenvalue weighted by atomic mass is 127. The fourth-order valence-electron chi connectivity index (χ4n) is 1.60. The number of amides is 1. The molecule has 0 bridgehead atoms. The van der Waals surface area contributed by atoms with Crippen LogP contribution < -0.4 is 14.8 Å². The van der Waals surface area contributed by atoms with Gasteiger partial charge < -0.3 is 14.8 Å². The summed E-state index contributed by atoms with van der Waals surface area (Å²) in [4.78, 5) is 11.9. The zero-order valence-electron chi connectivity index (χ0n) is 11.2. The van der Waals surface area contributed by atoms with Crippen LogP contribution in [-0.2, 0) is 4.79 Å². The van der Waals surface area contributed by atoms with Crippen molar-refractivity contribution in [1.82, 2.24) is 0 Å². The van der Waals surface area contributed by atoms with Crippen molar-refractivity contribution in [1.29, 1.82) is 0 Å². The first kappa shape index (κ1) is 16.1. The molecule has 0 radical (unpaired) electrons. The number of hydrogen-bond donors (Lipinski definition) is 1. The Morgan fingerprint density at radius 1 is 1.19 bits per heavy atom. The third kappa shape index (κ3) is 4.89. The van der Waals surface area contributed by atoms with Crippen LogP contribution in [0.3, 0.4) is 0 Å². The van der Waals surface area contributed by atoms with E-state index in [1.807, 2.05) is 18.2 Å². The average Bonchev–Trinajstić information content (AvgIpc) is 2.48.